The molecule has 1 unspecified atom stereocenters. The van der Waals surface area contributed by atoms with Crippen LogP contribution in [-0.2, 0) is 15.5 Å². The zero-order valence-electron chi connectivity index (χ0n) is 9.65. The van der Waals surface area contributed by atoms with Crippen LogP contribution in [0.25, 0.3) is 0 Å². The molecule has 0 heterocycles. The molecule has 0 radical (unpaired) electrons. The zero-order valence-corrected chi connectivity index (χ0v) is 10.5. The van der Waals surface area contributed by atoms with Crippen molar-refractivity contribution < 1.29 is 18.1 Å². The summed E-state index contributed by atoms with van der Waals surface area (Å²) in [6.07, 6.45) is 0.210. The lowest BCUT2D eigenvalue weighted by atomic mass is 10.1. The standard InChI is InChI=1S/C12H15FO3S/c1-16-7-9-17(15)8-6-12(14)10-2-4-11(13)5-3-10/h2-5H,6-9H2,1H3. The number of carbonyl (C=O) groups excluding carboxylic acids is 1. The molecular formula is C12H15FO3S. The van der Waals surface area contributed by atoms with Crippen LogP contribution in [0.2, 0.25) is 0 Å². The van der Waals surface area contributed by atoms with E-state index in [0.717, 1.165) is 0 Å². The number of Topliss-reactive ketones (excluding diaryl/α,β-unsaturated/α-hetero) is 1. The molecule has 0 bridgehead atoms. The van der Waals surface area contributed by atoms with Crippen LogP contribution in [0.15, 0.2) is 24.3 Å². The molecule has 1 atom stereocenters. The summed E-state index contributed by atoms with van der Waals surface area (Å²) in [7, 11) is 0.504. The lowest BCUT2D eigenvalue weighted by Crippen LogP contribution is -2.11. The molecule has 0 spiro atoms. The highest BCUT2D eigenvalue weighted by Crippen LogP contribution is 2.06. The number of hydrogen-bond acceptors (Lipinski definition) is 3. The van der Waals surface area contributed by atoms with Gasteiger partial charge in [-0.05, 0) is 24.3 Å². The van der Waals surface area contributed by atoms with Crippen molar-refractivity contribution in [1.29, 1.82) is 0 Å². The number of halogens is 1. The highest BCUT2D eigenvalue weighted by atomic mass is 32.2. The molecule has 0 aliphatic carbocycles. The Morgan fingerprint density at radius 2 is 1.94 bits per heavy atom. The van der Waals surface area contributed by atoms with E-state index in [1.165, 1.54) is 24.3 Å². The maximum Gasteiger partial charge on any atom is 0.163 e. The topological polar surface area (TPSA) is 43.4 Å². The van der Waals surface area contributed by atoms with Crippen LogP contribution >= 0.6 is 0 Å². The minimum atomic E-state index is -1.04. The quantitative estimate of drug-likeness (QED) is 0.700. The summed E-state index contributed by atoms with van der Waals surface area (Å²) in [4.78, 5) is 11.6. The number of methoxy groups -OCH3 is 1. The van der Waals surface area contributed by atoms with E-state index < -0.39 is 10.8 Å². The lowest BCUT2D eigenvalue weighted by Gasteiger charge is -2.02. The van der Waals surface area contributed by atoms with Gasteiger partial charge in [0, 0.05) is 41.4 Å². The largest absolute Gasteiger partial charge is 0.384 e. The van der Waals surface area contributed by atoms with Crippen molar-refractivity contribution >= 4 is 16.6 Å². The Labute approximate surface area is 102 Å². The number of ketones is 1. The van der Waals surface area contributed by atoms with E-state index >= 15 is 0 Å². The minimum Gasteiger partial charge on any atom is -0.384 e. The number of ether oxygens (including phenoxy) is 1. The highest BCUT2D eigenvalue weighted by Gasteiger charge is 2.08. The van der Waals surface area contributed by atoms with Gasteiger partial charge in [-0.2, -0.15) is 0 Å². The van der Waals surface area contributed by atoms with E-state index in [1.807, 2.05) is 0 Å². The van der Waals surface area contributed by atoms with Crippen molar-refractivity contribution in [3.8, 4) is 0 Å². The van der Waals surface area contributed by atoms with E-state index in [9.17, 15) is 13.4 Å². The summed E-state index contributed by atoms with van der Waals surface area (Å²) in [5.74, 6) is 0.272. The van der Waals surface area contributed by atoms with Crippen LogP contribution in [0.3, 0.4) is 0 Å². The molecule has 0 amide bonds. The summed E-state index contributed by atoms with van der Waals surface area (Å²) in [5, 5.41) is 0. The van der Waals surface area contributed by atoms with E-state index in [-0.39, 0.29) is 18.0 Å². The molecule has 5 heteroatoms. The van der Waals surface area contributed by atoms with Gasteiger partial charge in [0.05, 0.1) is 6.61 Å². The van der Waals surface area contributed by atoms with Gasteiger partial charge in [-0.15, -0.1) is 0 Å². The van der Waals surface area contributed by atoms with Crippen LogP contribution in [0, 0.1) is 5.82 Å². The summed E-state index contributed by atoms with van der Waals surface area (Å²) in [6.45, 7) is 0.428. The molecule has 1 aromatic rings. The summed E-state index contributed by atoms with van der Waals surface area (Å²) >= 11 is 0. The van der Waals surface area contributed by atoms with Crippen LogP contribution in [0.1, 0.15) is 16.8 Å². The number of rotatable bonds is 7. The molecule has 0 aromatic heterocycles. The Bertz CT molecular complexity index is 389. The Morgan fingerprint density at radius 1 is 1.29 bits per heavy atom. The molecule has 0 fully saturated rings. The third-order valence-corrected chi connectivity index (χ3v) is 3.52. The summed E-state index contributed by atoms with van der Waals surface area (Å²) in [5.41, 5.74) is 0.454. The maximum absolute atomic E-state index is 12.6. The number of carbonyl (C=O) groups is 1. The van der Waals surface area contributed by atoms with E-state index in [4.69, 9.17) is 4.74 Å². The smallest absolute Gasteiger partial charge is 0.163 e. The first kappa shape index (κ1) is 14.0. The van der Waals surface area contributed by atoms with Gasteiger partial charge in [-0.25, -0.2) is 4.39 Å². The van der Waals surface area contributed by atoms with Gasteiger partial charge in [0.2, 0.25) is 0 Å². The van der Waals surface area contributed by atoms with Gasteiger partial charge in [0.15, 0.2) is 5.78 Å². The Kier molecular flexibility index (Phi) is 6.00. The monoisotopic (exact) mass is 258 g/mol. The SMILES string of the molecule is COCCS(=O)CCC(=O)c1ccc(F)cc1. The van der Waals surface area contributed by atoms with Crippen LogP contribution in [-0.4, -0.2) is 35.2 Å². The van der Waals surface area contributed by atoms with Gasteiger partial charge >= 0.3 is 0 Å². The minimum absolute atomic E-state index is 0.115. The molecular weight excluding hydrogens is 243 g/mol. The third-order valence-electron chi connectivity index (χ3n) is 2.24. The van der Waals surface area contributed by atoms with Crippen LogP contribution in [0.4, 0.5) is 4.39 Å². The molecule has 1 aromatic carbocycles. The molecule has 0 aliphatic heterocycles. The van der Waals surface area contributed by atoms with Crippen LogP contribution in [0.5, 0.6) is 0 Å². The first-order chi connectivity index (χ1) is 8.13. The average molecular weight is 258 g/mol. The first-order valence-corrected chi connectivity index (χ1v) is 6.75. The predicted molar refractivity (Wildman–Crippen MR) is 65.1 cm³/mol. The summed E-state index contributed by atoms with van der Waals surface area (Å²) < 4.78 is 28.8. The van der Waals surface area contributed by atoms with Gasteiger partial charge in [0.1, 0.15) is 5.82 Å². The second kappa shape index (κ2) is 7.29. The Hall–Kier alpha value is -1.07. The van der Waals surface area contributed by atoms with Gasteiger partial charge in [-0.1, -0.05) is 0 Å². The van der Waals surface area contributed by atoms with Crippen molar-refractivity contribution in [2.24, 2.45) is 0 Å². The molecule has 94 valence electrons. The molecule has 0 saturated carbocycles. The fourth-order valence-corrected chi connectivity index (χ4v) is 2.23. The zero-order chi connectivity index (χ0) is 12.7. The summed E-state index contributed by atoms with van der Waals surface area (Å²) in [6, 6.07) is 5.37. The van der Waals surface area contributed by atoms with E-state index in [2.05, 4.69) is 0 Å². The first-order valence-electron chi connectivity index (χ1n) is 5.26. The van der Waals surface area contributed by atoms with Crippen molar-refractivity contribution in [3.63, 3.8) is 0 Å². The second-order valence-electron chi connectivity index (χ2n) is 3.52. The lowest BCUT2D eigenvalue weighted by molar-refractivity contribution is 0.0989. The van der Waals surface area contributed by atoms with E-state index in [0.29, 0.717) is 23.7 Å². The molecule has 17 heavy (non-hydrogen) atoms. The Balaban J connectivity index is 2.39. The molecule has 0 saturated heterocycles. The molecule has 0 N–H and O–H groups in total. The number of benzene rings is 1. The van der Waals surface area contributed by atoms with Crippen LogP contribution < -0.4 is 0 Å². The van der Waals surface area contributed by atoms with Crippen molar-refractivity contribution in [2.45, 2.75) is 6.42 Å². The fraction of sp³-hybridized carbons (Fsp3) is 0.417. The second-order valence-corrected chi connectivity index (χ2v) is 5.22. The normalized spacial score (nSPS) is 12.4. The highest BCUT2D eigenvalue weighted by molar-refractivity contribution is 7.85. The average Bonchev–Trinajstić information content (AvgIpc) is 2.34. The fourth-order valence-electron chi connectivity index (χ4n) is 1.26. The van der Waals surface area contributed by atoms with E-state index in [1.54, 1.807) is 7.11 Å². The van der Waals surface area contributed by atoms with Gasteiger partial charge in [0.25, 0.3) is 0 Å². The van der Waals surface area contributed by atoms with Gasteiger partial charge < -0.3 is 4.74 Å². The molecule has 3 nitrogen and oxygen atoms in total. The molecule has 0 aliphatic rings. The molecule has 1 rings (SSSR count). The van der Waals surface area contributed by atoms with Crippen molar-refractivity contribution in [2.75, 3.05) is 25.2 Å². The van der Waals surface area contributed by atoms with Gasteiger partial charge in [-0.3, -0.25) is 9.00 Å². The maximum atomic E-state index is 12.6. The number of hydrogen-bond donors (Lipinski definition) is 0. The predicted octanol–water partition coefficient (Wildman–Crippen LogP) is 1.79. The van der Waals surface area contributed by atoms with Crippen molar-refractivity contribution in [3.05, 3.63) is 35.6 Å². The Morgan fingerprint density at radius 3 is 2.53 bits per heavy atom. The van der Waals surface area contributed by atoms with Crippen molar-refractivity contribution in [1.82, 2.24) is 0 Å². The third kappa shape index (κ3) is 5.19.